The molecule has 0 bridgehead atoms. The number of anilines is 1. The summed E-state index contributed by atoms with van der Waals surface area (Å²) in [6.07, 6.45) is 2.18. The third-order valence-electron chi connectivity index (χ3n) is 1.77. The van der Waals surface area contributed by atoms with Gasteiger partial charge in [0.05, 0.1) is 0 Å². The van der Waals surface area contributed by atoms with Gasteiger partial charge in [-0.2, -0.15) is 4.37 Å². The second-order valence-corrected chi connectivity index (χ2v) is 4.43. The van der Waals surface area contributed by atoms with Gasteiger partial charge in [-0.15, -0.1) is 0 Å². The molecule has 0 saturated carbocycles. The molecular weight excluding hydrogens is 202 g/mol. The molecule has 0 aliphatic heterocycles. The fourth-order valence-electron chi connectivity index (χ4n) is 1.000. The lowest BCUT2D eigenvalue weighted by atomic mass is 9.99. The van der Waals surface area contributed by atoms with Crippen LogP contribution in [-0.4, -0.2) is 26.0 Å². The minimum atomic E-state index is -0.780. The van der Waals surface area contributed by atoms with Crippen LogP contribution in [0.5, 0.6) is 0 Å². The van der Waals surface area contributed by atoms with Crippen molar-refractivity contribution in [3.05, 3.63) is 6.33 Å². The van der Waals surface area contributed by atoms with Gasteiger partial charge in [-0.1, -0.05) is 0 Å². The average molecular weight is 215 g/mol. The highest BCUT2D eigenvalue weighted by Gasteiger charge is 2.19. The van der Waals surface area contributed by atoms with Gasteiger partial charge in [0.15, 0.2) is 0 Å². The summed E-state index contributed by atoms with van der Waals surface area (Å²) in [7, 11) is 0. The summed E-state index contributed by atoms with van der Waals surface area (Å²) in [4.78, 5) is 14.4. The topological polar surface area (TPSA) is 75.1 Å². The van der Waals surface area contributed by atoms with Crippen LogP contribution in [0.1, 0.15) is 26.7 Å². The van der Waals surface area contributed by atoms with E-state index in [9.17, 15) is 4.79 Å². The van der Waals surface area contributed by atoms with Gasteiger partial charge in [0, 0.05) is 23.5 Å². The number of nitrogens with one attached hydrogen (secondary N) is 1. The van der Waals surface area contributed by atoms with E-state index in [4.69, 9.17) is 5.11 Å². The Morgan fingerprint density at radius 3 is 2.93 bits per heavy atom. The maximum absolute atomic E-state index is 10.4. The molecule has 0 radical (unpaired) electrons. The lowest BCUT2D eigenvalue weighted by molar-refractivity contribution is -0.137. The molecule has 1 aromatic heterocycles. The summed E-state index contributed by atoms with van der Waals surface area (Å²) in [6, 6.07) is 0. The summed E-state index contributed by atoms with van der Waals surface area (Å²) in [6.45, 7) is 3.88. The Morgan fingerprint density at radius 2 is 2.43 bits per heavy atom. The van der Waals surface area contributed by atoms with Gasteiger partial charge in [-0.25, -0.2) is 4.98 Å². The van der Waals surface area contributed by atoms with Crippen LogP contribution in [0, 0.1) is 0 Å². The van der Waals surface area contributed by atoms with Crippen molar-refractivity contribution < 1.29 is 9.90 Å². The van der Waals surface area contributed by atoms with E-state index in [2.05, 4.69) is 14.7 Å². The maximum Gasteiger partial charge on any atom is 0.303 e. The van der Waals surface area contributed by atoms with E-state index < -0.39 is 5.97 Å². The van der Waals surface area contributed by atoms with Crippen LogP contribution in [-0.2, 0) is 4.79 Å². The lowest BCUT2D eigenvalue weighted by Crippen LogP contribution is -2.31. The third-order valence-corrected chi connectivity index (χ3v) is 2.35. The van der Waals surface area contributed by atoms with E-state index in [1.807, 2.05) is 13.8 Å². The molecule has 0 unspecified atom stereocenters. The van der Waals surface area contributed by atoms with Gasteiger partial charge in [0.25, 0.3) is 0 Å². The Labute approximate surface area is 86.3 Å². The Balaban J connectivity index is 2.45. The largest absolute Gasteiger partial charge is 0.481 e. The normalized spacial score (nSPS) is 11.3. The van der Waals surface area contributed by atoms with E-state index in [1.54, 1.807) is 0 Å². The fraction of sp³-hybridized carbons (Fsp3) is 0.625. The second kappa shape index (κ2) is 4.36. The van der Waals surface area contributed by atoms with Gasteiger partial charge in [0.1, 0.15) is 6.33 Å². The van der Waals surface area contributed by atoms with E-state index in [0.29, 0.717) is 6.42 Å². The second-order valence-electron chi connectivity index (χ2n) is 3.65. The number of aliphatic carboxylic acids is 1. The summed E-state index contributed by atoms with van der Waals surface area (Å²) in [5.74, 6) is -0.780. The monoisotopic (exact) mass is 215 g/mol. The predicted molar refractivity (Wildman–Crippen MR) is 54.5 cm³/mol. The van der Waals surface area contributed by atoms with Crippen LogP contribution >= 0.6 is 11.5 Å². The Morgan fingerprint density at radius 1 is 1.71 bits per heavy atom. The van der Waals surface area contributed by atoms with Gasteiger partial charge >= 0.3 is 5.97 Å². The third kappa shape index (κ3) is 3.69. The molecule has 0 atom stereocenters. The van der Waals surface area contributed by atoms with Gasteiger partial charge in [-0.3, -0.25) is 4.79 Å². The van der Waals surface area contributed by atoms with Crippen molar-refractivity contribution >= 4 is 22.6 Å². The molecule has 0 spiro atoms. The van der Waals surface area contributed by atoms with Crippen LogP contribution < -0.4 is 5.32 Å². The molecule has 1 heterocycles. The van der Waals surface area contributed by atoms with Crippen LogP contribution in [0.4, 0.5) is 5.13 Å². The Bertz CT molecular complexity index is 298. The van der Waals surface area contributed by atoms with Crippen molar-refractivity contribution in [3.8, 4) is 0 Å². The molecule has 0 aliphatic carbocycles. The molecular formula is C8H13N3O2S. The van der Waals surface area contributed by atoms with E-state index in [-0.39, 0.29) is 12.0 Å². The minimum Gasteiger partial charge on any atom is -0.481 e. The molecule has 14 heavy (non-hydrogen) atoms. The van der Waals surface area contributed by atoms with Gasteiger partial charge < -0.3 is 10.4 Å². The summed E-state index contributed by atoms with van der Waals surface area (Å²) in [5.41, 5.74) is -0.266. The first-order valence-electron chi connectivity index (χ1n) is 4.26. The van der Waals surface area contributed by atoms with Crippen LogP contribution in [0.25, 0.3) is 0 Å². The van der Waals surface area contributed by atoms with Gasteiger partial charge in [0.2, 0.25) is 5.13 Å². The minimum absolute atomic E-state index is 0.152. The highest BCUT2D eigenvalue weighted by atomic mass is 32.1. The molecule has 78 valence electrons. The molecule has 5 nitrogen and oxygen atoms in total. The number of rotatable bonds is 5. The molecule has 2 N–H and O–H groups in total. The first-order valence-corrected chi connectivity index (χ1v) is 5.03. The molecule has 1 rings (SSSR count). The zero-order valence-corrected chi connectivity index (χ0v) is 8.97. The SMILES string of the molecule is CC(C)(CCC(=O)O)Nc1ncns1. The smallest absolute Gasteiger partial charge is 0.303 e. The fourth-order valence-corrected chi connectivity index (χ4v) is 1.61. The number of hydrogen-bond acceptors (Lipinski definition) is 5. The number of carboxylic acid groups (broad SMARTS) is 1. The molecule has 0 fully saturated rings. The van der Waals surface area contributed by atoms with Gasteiger partial charge in [-0.05, 0) is 20.3 Å². The molecule has 0 aliphatic rings. The molecule has 0 saturated heterocycles. The van der Waals surface area contributed by atoms with Crippen LogP contribution in [0.3, 0.4) is 0 Å². The molecule has 6 heteroatoms. The summed E-state index contributed by atoms with van der Waals surface area (Å²) in [5, 5.41) is 12.4. The van der Waals surface area contributed by atoms with E-state index in [0.717, 1.165) is 5.13 Å². The van der Waals surface area contributed by atoms with E-state index in [1.165, 1.54) is 17.9 Å². The van der Waals surface area contributed by atoms with Crippen molar-refractivity contribution in [2.75, 3.05) is 5.32 Å². The van der Waals surface area contributed by atoms with Crippen LogP contribution in [0.2, 0.25) is 0 Å². The quantitative estimate of drug-likeness (QED) is 0.780. The number of carbonyl (C=O) groups is 1. The van der Waals surface area contributed by atoms with Crippen LogP contribution in [0.15, 0.2) is 6.33 Å². The first-order chi connectivity index (χ1) is 6.49. The highest BCUT2D eigenvalue weighted by Crippen LogP contribution is 2.19. The number of nitrogens with zero attached hydrogens (tertiary/aromatic N) is 2. The lowest BCUT2D eigenvalue weighted by Gasteiger charge is -2.24. The number of carboxylic acids is 1. The molecule has 1 aromatic rings. The average Bonchev–Trinajstić information content (AvgIpc) is 2.53. The Kier molecular flexibility index (Phi) is 3.40. The number of aromatic nitrogens is 2. The standard InChI is InChI=1S/C8H13N3O2S/c1-8(2,4-3-6(12)13)11-7-9-5-10-14-7/h5H,3-4H2,1-2H3,(H,12,13)(H,9,10,11). The predicted octanol–water partition coefficient (Wildman–Crippen LogP) is 1.59. The molecule has 0 amide bonds. The van der Waals surface area contributed by atoms with Crippen molar-refractivity contribution in [3.63, 3.8) is 0 Å². The van der Waals surface area contributed by atoms with Crippen molar-refractivity contribution in [1.29, 1.82) is 0 Å². The first kappa shape index (κ1) is 10.9. The summed E-state index contributed by atoms with van der Waals surface area (Å²) < 4.78 is 3.85. The number of hydrogen-bond donors (Lipinski definition) is 2. The Hall–Kier alpha value is -1.17. The zero-order valence-electron chi connectivity index (χ0n) is 8.15. The summed E-state index contributed by atoms with van der Waals surface area (Å²) >= 11 is 1.26. The molecule has 0 aromatic carbocycles. The van der Waals surface area contributed by atoms with Crippen molar-refractivity contribution in [2.24, 2.45) is 0 Å². The van der Waals surface area contributed by atoms with E-state index >= 15 is 0 Å². The maximum atomic E-state index is 10.4. The highest BCUT2D eigenvalue weighted by molar-refractivity contribution is 7.09. The van der Waals surface area contributed by atoms with Crippen molar-refractivity contribution in [2.45, 2.75) is 32.2 Å². The zero-order chi connectivity index (χ0) is 10.6. The van der Waals surface area contributed by atoms with Crippen molar-refractivity contribution in [1.82, 2.24) is 9.36 Å².